The Labute approximate surface area is 69.6 Å². The van der Waals surface area contributed by atoms with Crippen LogP contribution in [-0.4, -0.2) is 4.98 Å². The summed E-state index contributed by atoms with van der Waals surface area (Å²) in [5, 5.41) is 0. The van der Waals surface area contributed by atoms with Crippen LogP contribution in [-0.2, 0) is 6.42 Å². The second-order valence-electron chi connectivity index (χ2n) is 2.26. The first-order chi connectivity index (χ1) is 4.74. The van der Waals surface area contributed by atoms with Crippen LogP contribution in [0.25, 0.3) is 0 Å². The number of hydrogen-bond donors (Lipinski definition) is 0. The van der Waals surface area contributed by atoms with Crippen molar-refractivity contribution in [1.29, 1.82) is 0 Å². The second kappa shape index (κ2) is 3.15. The predicted molar refractivity (Wildman–Crippen MR) is 46.1 cm³/mol. The first kappa shape index (κ1) is 7.73. The molecular formula is C8H10BrN. The number of pyridine rings is 1. The SMILES string of the molecule is CCc1ccc(C)nc1Br. The van der Waals surface area contributed by atoms with E-state index in [9.17, 15) is 0 Å². The van der Waals surface area contributed by atoms with Crippen molar-refractivity contribution in [3.63, 3.8) is 0 Å². The van der Waals surface area contributed by atoms with Gasteiger partial charge in [-0.25, -0.2) is 4.98 Å². The number of hydrogen-bond acceptors (Lipinski definition) is 1. The minimum absolute atomic E-state index is 0.981. The Morgan fingerprint density at radius 2 is 2.20 bits per heavy atom. The van der Waals surface area contributed by atoms with Gasteiger partial charge in [0.1, 0.15) is 4.60 Å². The number of nitrogens with zero attached hydrogens (tertiary/aromatic N) is 1. The zero-order valence-corrected chi connectivity index (χ0v) is 7.77. The van der Waals surface area contributed by atoms with E-state index >= 15 is 0 Å². The molecule has 0 bridgehead atoms. The molecule has 0 atom stereocenters. The fourth-order valence-corrected chi connectivity index (χ4v) is 1.51. The van der Waals surface area contributed by atoms with Crippen molar-refractivity contribution in [2.45, 2.75) is 20.3 Å². The molecule has 0 unspecified atom stereocenters. The van der Waals surface area contributed by atoms with E-state index < -0.39 is 0 Å². The minimum Gasteiger partial charge on any atom is -0.246 e. The zero-order chi connectivity index (χ0) is 7.56. The first-order valence-electron chi connectivity index (χ1n) is 3.36. The first-order valence-corrected chi connectivity index (χ1v) is 4.15. The quantitative estimate of drug-likeness (QED) is 0.635. The van der Waals surface area contributed by atoms with Crippen molar-refractivity contribution < 1.29 is 0 Å². The highest BCUT2D eigenvalue weighted by molar-refractivity contribution is 9.10. The van der Waals surface area contributed by atoms with E-state index in [1.54, 1.807) is 0 Å². The average molecular weight is 200 g/mol. The molecule has 0 saturated heterocycles. The molecule has 0 aliphatic rings. The summed E-state index contributed by atoms with van der Waals surface area (Å²) in [5.41, 5.74) is 2.33. The van der Waals surface area contributed by atoms with Crippen LogP contribution < -0.4 is 0 Å². The maximum absolute atomic E-state index is 4.26. The second-order valence-corrected chi connectivity index (χ2v) is 3.01. The van der Waals surface area contributed by atoms with Gasteiger partial charge in [-0.3, -0.25) is 0 Å². The molecule has 10 heavy (non-hydrogen) atoms. The van der Waals surface area contributed by atoms with Crippen molar-refractivity contribution in [2.75, 3.05) is 0 Å². The lowest BCUT2D eigenvalue weighted by molar-refractivity contribution is 1.05. The maximum atomic E-state index is 4.26. The highest BCUT2D eigenvalue weighted by Gasteiger charge is 1.96. The highest BCUT2D eigenvalue weighted by Crippen LogP contribution is 2.14. The summed E-state index contributed by atoms with van der Waals surface area (Å²) in [6.45, 7) is 4.11. The lowest BCUT2D eigenvalue weighted by atomic mass is 10.2. The van der Waals surface area contributed by atoms with Crippen LogP contribution in [0.1, 0.15) is 18.2 Å². The molecule has 0 amide bonds. The summed E-state index contributed by atoms with van der Waals surface area (Å²) >= 11 is 3.40. The van der Waals surface area contributed by atoms with Crippen molar-refractivity contribution in [3.05, 3.63) is 28.0 Å². The van der Waals surface area contributed by atoms with E-state index in [0.717, 1.165) is 16.7 Å². The molecule has 0 fully saturated rings. The molecular weight excluding hydrogens is 190 g/mol. The summed E-state index contributed by atoms with van der Waals surface area (Å²) in [7, 11) is 0. The maximum Gasteiger partial charge on any atom is 0.109 e. The fourth-order valence-electron chi connectivity index (χ4n) is 0.818. The minimum atomic E-state index is 0.981. The molecule has 0 N–H and O–H groups in total. The highest BCUT2D eigenvalue weighted by atomic mass is 79.9. The Bertz CT molecular complexity index is 233. The van der Waals surface area contributed by atoms with E-state index in [2.05, 4.69) is 33.9 Å². The Morgan fingerprint density at radius 1 is 1.50 bits per heavy atom. The monoisotopic (exact) mass is 199 g/mol. The van der Waals surface area contributed by atoms with Gasteiger partial charge in [0.15, 0.2) is 0 Å². The molecule has 0 aromatic carbocycles. The van der Waals surface area contributed by atoms with Gasteiger partial charge in [0, 0.05) is 5.69 Å². The molecule has 0 radical (unpaired) electrons. The molecule has 0 saturated carbocycles. The van der Waals surface area contributed by atoms with Gasteiger partial charge in [-0.15, -0.1) is 0 Å². The van der Waals surface area contributed by atoms with Crippen molar-refractivity contribution >= 4 is 15.9 Å². The summed E-state index contributed by atoms with van der Waals surface area (Å²) < 4.78 is 0.981. The van der Waals surface area contributed by atoms with E-state index in [4.69, 9.17) is 0 Å². The van der Waals surface area contributed by atoms with Crippen LogP contribution in [0.3, 0.4) is 0 Å². The van der Waals surface area contributed by atoms with Gasteiger partial charge in [-0.2, -0.15) is 0 Å². The van der Waals surface area contributed by atoms with Gasteiger partial charge in [0.2, 0.25) is 0 Å². The molecule has 0 spiro atoms. The van der Waals surface area contributed by atoms with Crippen LogP contribution in [0, 0.1) is 6.92 Å². The summed E-state index contributed by atoms with van der Waals surface area (Å²) in [6, 6.07) is 4.13. The standard InChI is InChI=1S/C8H10BrN/c1-3-7-5-4-6(2)10-8(7)9/h4-5H,3H2,1-2H3. The van der Waals surface area contributed by atoms with Crippen molar-refractivity contribution in [3.8, 4) is 0 Å². The Balaban J connectivity index is 3.07. The van der Waals surface area contributed by atoms with Gasteiger partial charge in [0.25, 0.3) is 0 Å². The lowest BCUT2D eigenvalue weighted by Crippen LogP contribution is -1.87. The zero-order valence-electron chi connectivity index (χ0n) is 6.19. The molecule has 0 aliphatic carbocycles. The molecule has 0 aliphatic heterocycles. The summed E-state index contributed by atoms with van der Waals surface area (Å²) in [4.78, 5) is 4.26. The van der Waals surface area contributed by atoms with E-state index in [1.165, 1.54) is 5.56 Å². The summed E-state index contributed by atoms with van der Waals surface area (Å²) in [5.74, 6) is 0. The van der Waals surface area contributed by atoms with Gasteiger partial charge < -0.3 is 0 Å². The van der Waals surface area contributed by atoms with Crippen LogP contribution in [0.15, 0.2) is 16.7 Å². The third-order valence-corrected chi connectivity index (χ3v) is 2.13. The molecule has 1 aromatic rings. The van der Waals surface area contributed by atoms with Gasteiger partial charge in [-0.1, -0.05) is 13.0 Å². The normalized spacial score (nSPS) is 9.90. The predicted octanol–water partition coefficient (Wildman–Crippen LogP) is 2.71. The molecule has 1 nitrogen and oxygen atoms in total. The van der Waals surface area contributed by atoms with Gasteiger partial charge >= 0.3 is 0 Å². The van der Waals surface area contributed by atoms with E-state index in [1.807, 2.05) is 13.0 Å². The van der Waals surface area contributed by atoms with Crippen LogP contribution >= 0.6 is 15.9 Å². The molecule has 54 valence electrons. The third-order valence-electron chi connectivity index (χ3n) is 1.45. The Hall–Kier alpha value is -0.370. The van der Waals surface area contributed by atoms with E-state index in [0.29, 0.717) is 0 Å². The molecule has 1 rings (SSSR count). The number of aromatic nitrogens is 1. The smallest absolute Gasteiger partial charge is 0.109 e. The molecule has 1 heterocycles. The topological polar surface area (TPSA) is 12.9 Å². The Kier molecular flexibility index (Phi) is 2.44. The number of aryl methyl sites for hydroxylation is 2. The molecule has 1 aromatic heterocycles. The molecule has 2 heteroatoms. The summed E-state index contributed by atoms with van der Waals surface area (Å²) in [6.07, 6.45) is 1.04. The van der Waals surface area contributed by atoms with Gasteiger partial charge in [0.05, 0.1) is 0 Å². The van der Waals surface area contributed by atoms with Gasteiger partial charge in [-0.05, 0) is 40.9 Å². The Morgan fingerprint density at radius 3 is 2.70 bits per heavy atom. The number of rotatable bonds is 1. The third kappa shape index (κ3) is 1.57. The van der Waals surface area contributed by atoms with E-state index in [-0.39, 0.29) is 0 Å². The largest absolute Gasteiger partial charge is 0.246 e. The van der Waals surface area contributed by atoms with Crippen molar-refractivity contribution in [2.24, 2.45) is 0 Å². The van der Waals surface area contributed by atoms with Crippen LogP contribution in [0.5, 0.6) is 0 Å². The number of halogens is 1. The fraction of sp³-hybridized carbons (Fsp3) is 0.375. The van der Waals surface area contributed by atoms with Crippen LogP contribution in [0.4, 0.5) is 0 Å². The van der Waals surface area contributed by atoms with Crippen molar-refractivity contribution in [1.82, 2.24) is 4.98 Å². The lowest BCUT2D eigenvalue weighted by Gasteiger charge is -1.99. The van der Waals surface area contributed by atoms with Crippen LogP contribution in [0.2, 0.25) is 0 Å². The average Bonchev–Trinajstić information content (AvgIpc) is 1.88.